The molecule has 14 heteroatoms. The molecule has 3 atom stereocenters. The molecule has 208 valence electrons. The minimum atomic E-state index is -4.56. The zero-order valence-electron chi connectivity index (χ0n) is 21.0. The summed E-state index contributed by atoms with van der Waals surface area (Å²) in [6, 6.07) is 7.63. The zero-order chi connectivity index (χ0) is 28.7. The predicted octanol–water partition coefficient (Wildman–Crippen LogP) is 3.57. The molecule has 1 amide bonds. The van der Waals surface area contributed by atoms with Gasteiger partial charge in [0.25, 0.3) is 0 Å². The van der Waals surface area contributed by atoms with E-state index in [2.05, 4.69) is 21.9 Å². The fourth-order valence-electron chi connectivity index (χ4n) is 4.86. The number of alkyl halides is 3. The molecule has 0 aliphatic carbocycles. The fraction of sp³-hybridized carbons (Fsp3) is 0.231. The summed E-state index contributed by atoms with van der Waals surface area (Å²) in [5, 5.41) is 3.36. The van der Waals surface area contributed by atoms with Crippen LogP contribution >= 0.6 is 0 Å². The number of amides is 1. The number of piperidine rings is 1. The molecule has 1 N–H and O–H groups in total. The standard InChI is InChI=1S/C26H24AsF3N6O3S/c1-2-40(38,39)35-13-4-3-5-20(35)23-21-16-31-12-14-36(21,27)24(34-23)17-6-8-18(9-7-17)25(37)33-22-15-19(10-11-32-22)26(28,29)30/h2,6-12,14-16,20H,1,3-5,13,27H2/p+1. The summed E-state index contributed by atoms with van der Waals surface area (Å²) < 4.78 is 66.3. The first-order valence-corrected chi connectivity index (χ1v) is 14.8. The molecule has 0 bridgehead atoms. The molecule has 0 spiro atoms. The molecule has 1 aromatic heterocycles. The number of rotatable bonds is 6. The van der Waals surface area contributed by atoms with Gasteiger partial charge in [-0.05, 0) is 0 Å². The molecule has 1 fully saturated rings. The van der Waals surface area contributed by atoms with Gasteiger partial charge in [-0.25, -0.2) is 0 Å². The van der Waals surface area contributed by atoms with Gasteiger partial charge in [-0.1, -0.05) is 0 Å². The van der Waals surface area contributed by atoms with Gasteiger partial charge in [-0.2, -0.15) is 13.2 Å². The molecule has 2 aromatic rings. The summed E-state index contributed by atoms with van der Waals surface area (Å²) in [5.74, 6) is -0.193. The van der Waals surface area contributed by atoms with Crippen LogP contribution in [0, 0.1) is 0 Å². The van der Waals surface area contributed by atoms with Crippen LogP contribution < -0.4 is 5.32 Å². The van der Waals surface area contributed by atoms with Gasteiger partial charge in [0, 0.05) is 0 Å². The number of benzene rings is 1. The third-order valence-electron chi connectivity index (χ3n) is 6.86. The van der Waals surface area contributed by atoms with Gasteiger partial charge in [0.05, 0.1) is 0 Å². The molecule has 3 aliphatic heterocycles. The third kappa shape index (κ3) is 5.21. The maximum absolute atomic E-state index is 13.0. The van der Waals surface area contributed by atoms with E-state index in [4.69, 9.17) is 4.99 Å². The van der Waals surface area contributed by atoms with E-state index in [-0.39, 0.29) is 14.8 Å². The number of allylic oxidation sites excluding steroid dienone is 1. The Morgan fingerprint density at radius 3 is 2.65 bits per heavy atom. The molecule has 1 saturated heterocycles. The number of quaternary nitrogens is 1. The first kappa shape index (κ1) is 28.2. The summed E-state index contributed by atoms with van der Waals surface area (Å²) in [7, 11) is -3.68. The number of anilines is 1. The number of carbonyl (C=O) groups is 1. The molecule has 4 heterocycles. The molecular weight excluding hydrogens is 608 g/mol. The van der Waals surface area contributed by atoms with Crippen LogP contribution in [0.3, 0.4) is 0 Å². The summed E-state index contributed by atoms with van der Waals surface area (Å²) >= 11 is 1.31. The molecule has 0 saturated carbocycles. The molecular formula is C26H25AsF3N6O3S+. The minimum absolute atomic E-state index is 0.212. The van der Waals surface area contributed by atoms with E-state index in [1.54, 1.807) is 36.7 Å². The third-order valence-corrected chi connectivity index (χ3v) is 9.83. The Labute approximate surface area is 237 Å². The number of hydrogen-bond donors (Lipinski definition) is 1. The number of aromatic nitrogens is 1. The number of hydrogen-bond acceptors (Lipinski definition) is 6. The monoisotopic (exact) mass is 633 g/mol. The molecule has 5 rings (SSSR count). The van der Waals surface area contributed by atoms with E-state index in [1.165, 1.54) is 21.4 Å². The second-order valence-electron chi connectivity index (χ2n) is 9.35. The van der Waals surface area contributed by atoms with Gasteiger partial charge >= 0.3 is 225 Å². The van der Waals surface area contributed by atoms with Gasteiger partial charge < -0.3 is 0 Å². The van der Waals surface area contributed by atoms with Crippen molar-refractivity contribution in [1.29, 1.82) is 0 Å². The van der Waals surface area contributed by atoms with Crippen LogP contribution in [0.5, 0.6) is 0 Å². The predicted molar refractivity (Wildman–Crippen MR) is 147 cm³/mol. The number of nitrogens with zero attached hydrogens (tertiary/aromatic N) is 5. The average Bonchev–Trinajstić information content (AvgIpc) is 3.25. The maximum atomic E-state index is 13.0. The quantitative estimate of drug-likeness (QED) is 0.492. The fourth-order valence-corrected chi connectivity index (χ4v) is 7.01. The number of sulfonamides is 1. The van der Waals surface area contributed by atoms with Crippen molar-refractivity contribution in [2.24, 2.45) is 9.98 Å². The van der Waals surface area contributed by atoms with E-state index < -0.39 is 33.7 Å². The van der Waals surface area contributed by atoms with Crippen LogP contribution in [-0.2, 0) is 16.2 Å². The first-order valence-electron chi connectivity index (χ1n) is 12.3. The summed E-state index contributed by atoms with van der Waals surface area (Å²) in [6.07, 6.45) is 3.85. The van der Waals surface area contributed by atoms with Gasteiger partial charge in [0.1, 0.15) is 0 Å². The Morgan fingerprint density at radius 1 is 1.20 bits per heavy atom. The number of fused-ring (bicyclic) bond motifs is 1. The number of amidine groups is 1. The van der Waals surface area contributed by atoms with Crippen molar-refractivity contribution in [3.63, 3.8) is 0 Å². The Balaban J connectivity index is 1.44. The van der Waals surface area contributed by atoms with Crippen LogP contribution in [0.15, 0.2) is 88.4 Å². The zero-order valence-corrected chi connectivity index (χ0v) is 24.3. The van der Waals surface area contributed by atoms with E-state index in [9.17, 15) is 26.4 Å². The van der Waals surface area contributed by atoms with Crippen molar-refractivity contribution in [3.05, 3.63) is 95.1 Å². The van der Waals surface area contributed by atoms with Crippen LogP contribution in [0.1, 0.15) is 40.7 Å². The normalized spacial score (nSPS) is 23.1. The van der Waals surface area contributed by atoms with E-state index in [0.717, 1.165) is 42.3 Å². The van der Waals surface area contributed by atoms with Gasteiger partial charge in [0.15, 0.2) is 0 Å². The van der Waals surface area contributed by atoms with Gasteiger partial charge in [-0.15, -0.1) is 0 Å². The molecule has 1 aromatic carbocycles. The number of pyridine rings is 1. The van der Waals surface area contributed by atoms with Crippen molar-refractivity contribution in [1.82, 2.24) is 9.29 Å². The Morgan fingerprint density at radius 2 is 1.95 bits per heavy atom. The number of aliphatic imine (C=N–C) groups is 2. The second kappa shape index (κ2) is 10.5. The van der Waals surface area contributed by atoms with Crippen LogP contribution in [0.25, 0.3) is 0 Å². The van der Waals surface area contributed by atoms with Crippen molar-refractivity contribution in [2.75, 3.05) is 11.9 Å². The van der Waals surface area contributed by atoms with E-state index >= 15 is 0 Å². The van der Waals surface area contributed by atoms with Gasteiger partial charge in [0.2, 0.25) is 0 Å². The van der Waals surface area contributed by atoms with Crippen LogP contribution in [0.2, 0.25) is 0 Å². The molecule has 40 heavy (non-hydrogen) atoms. The Kier molecular flexibility index (Phi) is 7.42. The van der Waals surface area contributed by atoms with E-state index in [1.807, 2.05) is 6.20 Å². The Hall–Kier alpha value is -3.38. The Bertz CT molecular complexity index is 1600. The first-order chi connectivity index (χ1) is 18.9. The molecule has 0 radical (unpaired) electrons. The molecule has 9 nitrogen and oxygen atoms in total. The SMILES string of the molecule is C=CS(=O)(=O)N1CCCCC1C1=C2C=NC=C[N+]2([AsH2])C(c2ccc(C(=O)Nc3cc(C(F)(F)F)ccn3)cc2)=N1. The van der Waals surface area contributed by atoms with Crippen molar-refractivity contribution in [2.45, 2.75) is 31.5 Å². The topological polar surface area (TPSA) is 104 Å². The number of halogens is 3. The summed E-state index contributed by atoms with van der Waals surface area (Å²) in [5.41, 5.74) is 1.39. The summed E-state index contributed by atoms with van der Waals surface area (Å²) in [6.45, 7) is 3.85. The van der Waals surface area contributed by atoms with Crippen LogP contribution in [0.4, 0.5) is 19.0 Å². The van der Waals surface area contributed by atoms with Crippen molar-refractivity contribution >= 4 is 50.9 Å². The molecule has 3 unspecified atom stereocenters. The van der Waals surface area contributed by atoms with E-state index in [0.29, 0.717) is 30.1 Å². The van der Waals surface area contributed by atoms with Crippen LogP contribution in [-0.4, -0.2) is 68.7 Å². The average molecular weight is 634 g/mol. The number of carbonyl (C=O) groups excluding carboxylic acids is 1. The second-order valence-corrected chi connectivity index (χ2v) is 12.9. The molecule has 3 aliphatic rings. The van der Waals surface area contributed by atoms with Crippen molar-refractivity contribution < 1.29 is 29.8 Å². The summed E-state index contributed by atoms with van der Waals surface area (Å²) in [4.78, 5) is 25.8. The van der Waals surface area contributed by atoms with Gasteiger partial charge in [-0.3, -0.25) is 0 Å². The number of nitrogens with one attached hydrogen (secondary N) is 1. The van der Waals surface area contributed by atoms with Crippen molar-refractivity contribution in [3.8, 4) is 0 Å².